The zero-order valence-corrected chi connectivity index (χ0v) is 11.8. The van der Waals surface area contributed by atoms with Crippen LogP contribution < -0.4 is 4.90 Å². The Bertz CT molecular complexity index is 422. The first kappa shape index (κ1) is 12.6. The van der Waals surface area contributed by atoms with Crippen molar-refractivity contribution in [3.05, 3.63) is 4.77 Å². The van der Waals surface area contributed by atoms with Crippen LogP contribution in [-0.2, 0) is 6.54 Å². The topological polar surface area (TPSA) is 36.9 Å². The maximum Gasteiger partial charge on any atom is 0.226 e. The minimum Gasteiger partial charge on any atom is -0.335 e. The summed E-state index contributed by atoms with van der Waals surface area (Å²) >= 11 is 5.31. The van der Waals surface area contributed by atoms with Crippen molar-refractivity contribution in [1.82, 2.24) is 14.8 Å². The maximum atomic E-state index is 5.31. The van der Waals surface area contributed by atoms with Crippen LogP contribution in [0, 0.1) is 4.77 Å². The Morgan fingerprint density at radius 1 is 1.41 bits per heavy atom. The molecule has 0 aliphatic carbocycles. The number of aromatic amines is 1. The minimum atomic E-state index is 0.570. The Labute approximate surface area is 108 Å². The molecule has 2 unspecified atom stereocenters. The van der Waals surface area contributed by atoms with Crippen LogP contribution in [0.5, 0.6) is 0 Å². The fourth-order valence-electron chi connectivity index (χ4n) is 2.76. The first-order valence-electron chi connectivity index (χ1n) is 6.62. The SMILES string of the molecule is CCCn1c(N2C(C)CCC2CC)n[nH]c1=S. The van der Waals surface area contributed by atoms with Gasteiger partial charge < -0.3 is 4.90 Å². The van der Waals surface area contributed by atoms with E-state index in [1.807, 2.05) is 0 Å². The largest absolute Gasteiger partial charge is 0.335 e. The summed E-state index contributed by atoms with van der Waals surface area (Å²) < 4.78 is 2.88. The molecule has 2 rings (SSSR count). The number of hydrogen-bond acceptors (Lipinski definition) is 3. The number of H-pyrrole nitrogens is 1. The van der Waals surface area contributed by atoms with E-state index in [9.17, 15) is 0 Å². The second kappa shape index (κ2) is 5.21. The average Bonchev–Trinajstić information content (AvgIpc) is 2.84. The van der Waals surface area contributed by atoms with E-state index in [1.54, 1.807) is 0 Å². The maximum absolute atomic E-state index is 5.31. The summed E-state index contributed by atoms with van der Waals surface area (Å²) in [5.41, 5.74) is 0. The Balaban J connectivity index is 2.35. The summed E-state index contributed by atoms with van der Waals surface area (Å²) in [6, 6.07) is 1.19. The van der Waals surface area contributed by atoms with Crippen LogP contribution >= 0.6 is 12.2 Å². The van der Waals surface area contributed by atoms with E-state index >= 15 is 0 Å². The highest BCUT2D eigenvalue weighted by Gasteiger charge is 2.32. The molecule has 96 valence electrons. The van der Waals surface area contributed by atoms with Gasteiger partial charge in [-0.2, -0.15) is 0 Å². The lowest BCUT2D eigenvalue weighted by Gasteiger charge is -2.28. The molecule has 1 aliphatic rings. The van der Waals surface area contributed by atoms with Gasteiger partial charge in [0.15, 0.2) is 4.77 Å². The zero-order valence-electron chi connectivity index (χ0n) is 10.9. The van der Waals surface area contributed by atoms with Crippen LogP contribution in [0.4, 0.5) is 5.95 Å². The quantitative estimate of drug-likeness (QED) is 0.839. The summed E-state index contributed by atoms with van der Waals surface area (Å²) in [6.45, 7) is 7.65. The molecule has 1 aliphatic heterocycles. The molecule has 1 aromatic heterocycles. The molecule has 1 N–H and O–H groups in total. The van der Waals surface area contributed by atoms with E-state index in [-0.39, 0.29) is 0 Å². The van der Waals surface area contributed by atoms with E-state index in [0.29, 0.717) is 12.1 Å². The lowest BCUT2D eigenvalue weighted by molar-refractivity contribution is 0.578. The Morgan fingerprint density at radius 3 is 2.82 bits per heavy atom. The molecule has 0 saturated carbocycles. The third kappa shape index (κ3) is 2.25. The summed E-state index contributed by atoms with van der Waals surface area (Å²) in [7, 11) is 0. The molecule has 4 nitrogen and oxygen atoms in total. The first-order valence-corrected chi connectivity index (χ1v) is 7.03. The van der Waals surface area contributed by atoms with Gasteiger partial charge in [0.1, 0.15) is 0 Å². The molecular weight excluding hydrogens is 232 g/mol. The number of rotatable bonds is 4. The predicted octanol–water partition coefficient (Wildman–Crippen LogP) is 3.12. The minimum absolute atomic E-state index is 0.570. The van der Waals surface area contributed by atoms with Crippen molar-refractivity contribution in [1.29, 1.82) is 0 Å². The molecule has 1 fully saturated rings. The molecule has 0 amide bonds. The van der Waals surface area contributed by atoms with E-state index in [1.165, 1.54) is 19.3 Å². The van der Waals surface area contributed by atoms with Crippen molar-refractivity contribution in [2.45, 2.75) is 65.1 Å². The number of aromatic nitrogens is 3. The van der Waals surface area contributed by atoms with Crippen LogP contribution in [0.25, 0.3) is 0 Å². The lowest BCUT2D eigenvalue weighted by atomic mass is 10.2. The summed E-state index contributed by atoms with van der Waals surface area (Å²) in [4.78, 5) is 2.45. The van der Waals surface area contributed by atoms with Gasteiger partial charge in [-0.3, -0.25) is 4.57 Å². The Kier molecular flexibility index (Phi) is 3.86. The Hall–Kier alpha value is -0.840. The molecule has 1 aromatic rings. The second-order valence-corrected chi connectivity index (χ2v) is 5.26. The smallest absolute Gasteiger partial charge is 0.226 e. The van der Waals surface area contributed by atoms with Gasteiger partial charge in [-0.25, -0.2) is 5.10 Å². The van der Waals surface area contributed by atoms with Crippen LogP contribution in [-0.4, -0.2) is 26.8 Å². The Morgan fingerprint density at radius 2 is 2.18 bits per heavy atom. The van der Waals surface area contributed by atoms with Gasteiger partial charge >= 0.3 is 0 Å². The van der Waals surface area contributed by atoms with Crippen molar-refractivity contribution in [2.24, 2.45) is 0 Å². The van der Waals surface area contributed by atoms with Crippen molar-refractivity contribution in [2.75, 3.05) is 4.90 Å². The molecule has 0 spiro atoms. The first-order chi connectivity index (χ1) is 8.19. The molecule has 5 heteroatoms. The third-order valence-electron chi connectivity index (χ3n) is 3.67. The van der Waals surface area contributed by atoms with Gasteiger partial charge in [0.25, 0.3) is 0 Å². The summed E-state index contributed by atoms with van der Waals surface area (Å²) in [5, 5.41) is 7.37. The fourth-order valence-corrected chi connectivity index (χ4v) is 2.98. The van der Waals surface area contributed by atoms with E-state index in [0.717, 1.165) is 23.7 Å². The number of anilines is 1. The van der Waals surface area contributed by atoms with Gasteiger partial charge in [0.2, 0.25) is 5.95 Å². The highest BCUT2D eigenvalue weighted by Crippen LogP contribution is 2.30. The number of nitrogens with one attached hydrogen (secondary N) is 1. The van der Waals surface area contributed by atoms with Gasteiger partial charge in [-0.15, -0.1) is 5.10 Å². The standard InChI is InChI=1S/C12H22N4S/c1-4-8-15-11(13-14-12(15)17)16-9(3)6-7-10(16)5-2/h9-10H,4-8H2,1-3H3,(H,14,17). The molecule has 0 aromatic carbocycles. The average molecular weight is 254 g/mol. The van der Waals surface area contributed by atoms with Gasteiger partial charge in [-0.1, -0.05) is 13.8 Å². The molecule has 17 heavy (non-hydrogen) atoms. The van der Waals surface area contributed by atoms with Crippen molar-refractivity contribution in [3.63, 3.8) is 0 Å². The van der Waals surface area contributed by atoms with Gasteiger partial charge in [0, 0.05) is 18.6 Å². The molecule has 0 radical (unpaired) electrons. The summed E-state index contributed by atoms with van der Waals surface area (Å²) in [5.74, 6) is 1.04. The van der Waals surface area contributed by atoms with Crippen LogP contribution in [0.1, 0.15) is 46.5 Å². The van der Waals surface area contributed by atoms with E-state index in [4.69, 9.17) is 12.2 Å². The van der Waals surface area contributed by atoms with Gasteiger partial charge in [0.05, 0.1) is 0 Å². The molecule has 0 bridgehead atoms. The van der Waals surface area contributed by atoms with Crippen LogP contribution in [0.2, 0.25) is 0 Å². The van der Waals surface area contributed by atoms with Gasteiger partial charge in [-0.05, 0) is 44.8 Å². The second-order valence-electron chi connectivity index (χ2n) is 4.88. The lowest BCUT2D eigenvalue weighted by Crippen LogP contribution is -2.36. The van der Waals surface area contributed by atoms with Crippen molar-refractivity contribution < 1.29 is 0 Å². The van der Waals surface area contributed by atoms with E-state index < -0.39 is 0 Å². The highest BCUT2D eigenvalue weighted by atomic mass is 32.1. The van der Waals surface area contributed by atoms with Crippen molar-refractivity contribution in [3.8, 4) is 0 Å². The molecule has 1 saturated heterocycles. The highest BCUT2D eigenvalue weighted by molar-refractivity contribution is 7.71. The molecular formula is C12H22N4S. The molecule has 2 heterocycles. The number of hydrogen-bond donors (Lipinski definition) is 1. The number of nitrogens with zero attached hydrogens (tertiary/aromatic N) is 3. The fraction of sp³-hybridized carbons (Fsp3) is 0.833. The third-order valence-corrected chi connectivity index (χ3v) is 3.99. The van der Waals surface area contributed by atoms with E-state index in [2.05, 4.69) is 40.4 Å². The van der Waals surface area contributed by atoms with Crippen LogP contribution in [0.3, 0.4) is 0 Å². The monoisotopic (exact) mass is 254 g/mol. The van der Waals surface area contributed by atoms with Crippen LogP contribution in [0.15, 0.2) is 0 Å². The van der Waals surface area contributed by atoms with Crippen molar-refractivity contribution >= 4 is 18.2 Å². The molecule has 2 atom stereocenters. The summed E-state index contributed by atoms with van der Waals surface area (Å²) in [6.07, 6.45) is 4.78. The normalized spacial score (nSPS) is 24.5. The predicted molar refractivity (Wildman–Crippen MR) is 73.0 cm³/mol. The zero-order chi connectivity index (χ0) is 12.4.